The van der Waals surface area contributed by atoms with E-state index < -0.39 is 0 Å². The maximum atomic E-state index is 7.91. The minimum atomic E-state index is 0. The summed E-state index contributed by atoms with van der Waals surface area (Å²) in [6, 6.07) is 0. The number of aliphatic hydroxyl groups excluding tert-OH is 2. The zero-order chi connectivity index (χ0) is 4.12. The number of hydrogen-bond acceptors (Lipinski definition) is 2. The molecule has 0 aliphatic rings. The van der Waals surface area contributed by atoms with E-state index in [1.807, 2.05) is 0 Å². The molecule has 4 heteroatoms. The molecule has 0 saturated carbocycles. The first-order chi connectivity index (χ1) is 2.41. The van der Waals surface area contributed by atoms with Gasteiger partial charge in [0, 0.05) is 13.2 Å². The summed E-state index contributed by atoms with van der Waals surface area (Å²) in [4.78, 5) is 0. The number of hydrogen-bond donors (Lipinski definition) is 2. The molecule has 0 spiro atoms. The van der Waals surface area contributed by atoms with Crippen molar-refractivity contribution >= 4 is 12.4 Å². The first-order valence-corrected chi connectivity index (χ1v) is 1.63. The molecule has 0 amide bonds. The Kier molecular flexibility index (Phi) is 36.8. The lowest BCUT2D eigenvalue weighted by Crippen LogP contribution is -1.85. The van der Waals surface area contributed by atoms with E-state index in [1.54, 1.807) is 0 Å². The molecular weight excluding hydrogens is 119 g/mol. The average molecular weight is 131 g/mol. The zero-order valence-electron chi connectivity index (χ0n) is 3.92. The molecule has 0 atom stereocenters. The lowest BCUT2D eigenvalue weighted by molar-refractivity contribution is 0.221. The van der Waals surface area contributed by atoms with Gasteiger partial charge in [0.2, 0.25) is 0 Å². The molecule has 0 bridgehead atoms. The lowest BCUT2D eigenvalue weighted by atomic mass is 10.5. The molecule has 0 fully saturated rings. The van der Waals surface area contributed by atoms with Crippen molar-refractivity contribution < 1.29 is 15.7 Å². The van der Waals surface area contributed by atoms with Crippen LogP contribution in [0.25, 0.3) is 0 Å². The van der Waals surface area contributed by atoms with Gasteiger partial charge in [-0.1, -0.05) is 0 Å². The highest BCUT2D eigenvalue weighted by Gasteiger charge is 1.70. The summed E-state index contributed by atoms with van der Waals surface area (Å²) >= 11 is 0. The van der Waals surface area contributed by atoms with Crippen molar-refractivity contribution in [3.05, 3.63) is 0 Å². The molecule has 3 nitrogen and oxygen atoms in total. The Hall–Kier alpha value is 0.170. The summed E-state index contributed by atoms with van der Waals surface area (Å²) in [6.07, 6.45) is 0.500. The van der Waals surface area contributed by atoms with Crippen molar-refractivity contribution in [2.75, 3.05) is 13.2 Å². The largest absolute Gasteiger partial charge is 0.412 e. The van der Waals surface area contributed by atoms with Crippen molar-refractivity contribution in [1.82, 2.24) is 0 Å². The van der Waals surface area contributed by atoms with E-state index in [-0.39, 0.29) is 31.1 Å². The van der Waals surface area contributed by atoms with Crippen molar-refractivity contribution in [2.45, 2.75) is 6.42 Å². The SMILES string of the molecule is Cl.O.OCCCO. The van der Waals surface area contributed by atoms with E-state index in [0.29, 0.717) is 6.42 Å². The Balaban J connectivity index is -0.0000000800. The van der Waals surface area contributed by atoms with Gasteiger partial charge in [-0.25, -0.2) is 0 Å². The van der Waals surface area contributed by atoms with Crippen LogP contribution in [0.4, 0.5) is 0 Å². The van der Waals surface area contributed by atoms with Crippen LogP contribution in [0.1, 0.15) is 6.42 Å². The van der Waals surface area contributed by atoms with Crippen LogP contribution in [-0.4, -0.2) is 28.9 Å². The van der Waals surface area contributed by atoms with Gasteiger partial charge < -0.3 is 15.7 Å². The standard InChI is InChI=1S/C3H8O2.ClH.H2O/c4-2-1-3-5;;/h4-5H,1-3H2;1H;1H2. The molecule has 0 aromatic heterocycles. The number of halogens is 1. The molecule has 4 N–H and O–H groups in total. The number of rotatable bonds is 2. The summed E-state index contributed by atoms with van der Waals surface area (Å²) in [5, 5.41) is 15.8. The predicted octanol–water partition coefficient (Wildman–Crippen LogP) is -1.04. The minimum Gasteiger partial charge on any atom is -0.412 e. The Bertz CT molecular complexity index is 17.7. The summed E-state index contributed by atoms with van der Waals surface area (Å²) in [5.74, 6) is 0. The predicted molar refractivity (Wildman–Crippen MR) is 29.7 cm³/mol. The smallest absolute Gasteiger partial charge is 0.0452 e. The van der Waals surface area contributed by atoms with Crippen LogP contribution in [0.5, 0.6) is 0 Å². The molecule has 0 aromatic carbocycles. The third-order valence-electron chi connectivity index (χ3n) is 0.316. The molecule has 0 rings (SSSR count). The van der Waals surface area contributed by atoms with Gasteiger partial charge in [0.15, 0.2) is 0 Å². The van der Waals surface area contributed by atoms with Crippen LogP contribution >= 0.6 is 12.4 Å². The maximum Gasteiger partial charge on any atom is 0.0452 e. The second kappa shape index (κ2) is 16.4. The molecule has 7 heavy (non-hydrogen) atoms. The highest BCUT2D eigenvalue weighted by Crippen LogP contribution is 1.65. The Labute approximate surface area is 48.7 Å². The van der Waals surface area contributed by atoms with E-state index in [4.69, 9.17) is 10.2 Å². The topological polar surface area (TPSA) is 72.0 Å². The maximum absolute atomic E-state index is 7.91. The first kappa shape index (κ1) is 15.7. The lowest BCUT2D eigenvalue weighted by Gasteiger charge is -1.79. The third-order valence-corrected chi connectivity index (χ3v) is 0.316. The van der Waals surface area contributed by atoms with Gasteiger partial charge in [-0.2, -0.15) is 0 Å². The van der Waals surface area contributed by atoms with Crippen LogP contribution < -0.4 is 0 Å². The first-order valence-electron chi connectivity index (χ1n) is 1.63. The average Bonchev–Trinajstić information content (AvgIpc) is 1.41. The Morgan fingerprint density at radius 1 is 1.00 bits per heavy atom. The fourth-order valence-electron chi connectivity index (χ4n) is 0.0707. The summed E-state index contributed by atoms with van der Waals surface area (Å²) < 4.78 is 0. The van der Waals surface area contributed by atoms with E-state index in [2.05, 4.69) is 0 Å². The molecule has 48 valence electrons. The second-order valence-corrected chi connectivity index (χ2v) is 0.801. The summed E-state index contributed by atoms with van der Waals surface area (Å²) in [5.41, 5.74) is 0. The van der Waals surface area contributed by atoms with Crippen molar-refractivity contribution in [3.8, 4) is 0 Å². The van der Waals surface area contributed by atoms with Crippen LogP contribution in [0.15, 0.2) is 0 Å². The third kappa shape index (κ3) is 22.8. The Morgan fingerprint density at radius 2 is 1.29 bits per heavy atom. The second-order valence-electron chi connectivity index (χ2n) is 0.801. The molecule has 0 aromatic rings. The molecule has 0 unspecified atom stereocenters. The van der Waals surface area contributed by atoms with E-state index >= 15 is 0 Å². The fraction of sp³-hybridized carbons (Fsp3) is 1.00. The number of aliphatic hydroxyl groups is 2. The molecular formula is C3H11ClO3. The van der Waals surface area contributed by atoms with E-state index in [1.165, 1.54) is 0 Å². The van der Waals surface area contributed by atoms with Crippen LogP contribution in [-0.2, 0) is 0 Å². The van der Waals surface area contributed by atoms with Gasteiger partial charge in [-0.15, -0.1) is 12.4 Å². The normalized spacial score (nSPS) is 6.00. The van der Waals surface area contributed by atoms with Crippen molar-refractivity contribution in [1.29, 1.82) is 0 Å². The summed E-state index contributed by atoms with van der Waals surface area (Å²) in [6.45, 7) is 0.188. The highest BCUT2D eigenvalue weighted by molar-refractivity contribution is 5.85. The van der Waals surface area contributed by atoms with Crippen LogP contribution in [0, 0.1) is 0 Å². The van der Waals surface area contributed by atoms with E-state index in [0.717, 1.165) is 0 Å². The van der Waals surface area contributed by atoms with Gasteiger partial charge >= 0.3 is 0 Å². The van der Waals surface area contributed by atoms with Gasteiger partial charge in [0.25, 0.3) is 0 Å². The molecule has 0 radical (unpaired) electrons. The molecule has 0 saturated heterocycles. The quantitative estimate of drug-likeness (QED) is 0.501. The van der Waals surface area contributed by atoms with E-state index in [9.17, 15) is 0 Å². The van der Waals surface area contributed by atoms with Crippen LogP contribution in [0.3, 0.4) is 0 Å². The summed E-state index contributed by atoms with van der Waals surface area (Å²) in [7, 11) is 0. The molecule has 0 heterocycles. The minimum absolute atomic E-state index is 0. The van der Waals surface area contributed by atoms with Crippen molar-refractivity contribution in [2.24, 2.45) is 0 Å². The highest BCUT2D eigenvalue weighted by atomic mass is 35.5. The van der Waals surface area contributed by atoms with Gasteiger partial charge in [-0.3, -0.25) is 0 Å². The van der Waals surface area contributed by atoms with Crippen molar-refractivity contribution in [3.63, 3.8) is 0 Å². The van der Waals surface area contributed by atoms with Crippen LogP contribution in [0.2, 0.25) is 0 Å². The van der Waals surface area contributed by atoms with Gasteiger partial charge in [-0.05, 0) is 6.42 Å². The molecule has 0 aliphatic heterocycles. The fourth-order valence-corrected chi connectivity index (χ4v) is 0.0707. The monoisotopic (exact) mass is 130 g/mol. The Morgan fingerprint density at radius 3 is 1.29 bits per heavy atom. The van der Waals surface area contributed by atoms with Gasteiger partial charge in [0.1, 0.15) is 0 Å². The molecule has 0 aliphatic carbocycles. The zero-order valence-corrected chi connectivity index (χ0v) is 4.74. The van der Waals surface area contributed by atoms with Gasteiger partial charge in [0.05, 0.1) is 0 Å².